The highest BCUT2D eigenvalue weighted by atomic mass is 16.7. The predicted molar refractivity (Wildman–Crippen MR) is 142 cm³/mol. The number of carbonyl (C=O) groups is 1. The minimum absolute atomic E-state index is 0.00903. The summed E-state index contributed by atoms with van der Waals surface area (Å²) in [6, 6.07) is 11.7. The van der Waals surface area contributed by atoms with Crippen molar-refractivity contribution in [2.45, 2.75) is 44.9 Å². The van der Waals surface area contributed by atoms with Gasteiger partial charge < -0.3 is 33.5 Å². The molecule has 3 aliphatic rings. The Kier molecular flexibility index (Phi) is 6.84. The highest BCUT2D eigenvalue weighted by Crippen LogP contribution is 2.37. The second-order valence-corrected chi connectivity index (χ2v) is 9.92. The molecule has 200 valence electrons. The molecule has 3 aromatic rings. The Morgan fingerprint density at radius 3 is 2.55 bits per heavy atom. The summed E-state index contributed by atoms with van der Waals surface area (Å²) in [4.78, 5) is 23.1. The Morgan fingerprint density at radius 2 is 1.79 bits per heavy atom. The van der Waals surface area contributed by atoms with E-state index >= 15 is 0 Å². The summed E-state index contributed by atoms with van der Waals surface area (Å²) in [7, 11) is 3.31. The Morgan fingerprint density at radius 1 is 1.00 bits per heavy atom. The van der Waals surface area contributed by atoms with Crippen molar-refractivity contribution >= 4 is 22.6 Å². The molecule has 4 heterocycles. The summed E-state index contributed by atoms with van der Waals surface area (Å²) in [5, 5.41) is 0.859. The second-order valence-electron chi connectivity index (χ2n) is 9.92. The number of anilines is 1. The third-order valence-corrected chi connectivity index (χ3v) is 7.50. The molecular formula is C29H33N3O6. The van der Waals surface area contributed by atoms with Crippen LogP contribution in [0, 0.1) is 0 Å². The highest BCUT2D eigenvalue weighted by molar-refractivity contribution is 5.92. The lowest BCUT2D eigenvalue weighted by Crippen LogP contribution is -2.38. The lowest BCUT2D eigenvalue weighted by atomic mass is 10.1. The number of amides is 1. The molecule has 2 saturated heterocycles. The fraction of sp³-hybridized carbons (Fsp3) is 0.448. The van der Waals surface area contributed by atoms with Gasteiger partial charge in [0, 0.05) is 43.7 Å². The molecule has 0 spiro atoms. The van der Waals surface area contributed by atoms with Gasteiger partial charge in [-0.3, -0.25) is 4.79 Å². The first kappa shape index (κ1) is 24.6. The maximum absolute atomic E-state index is 13.8. The molecule has 6 rings (SSSR count). The quantitative estimate of drug-likeness (QED) is 0.436. The Balaban J connectivity index is 1.41. The minimum Gasteiger partial charge on any atom is -0.496 e. The predicted octanol–water partition coefficient (Wildman–Crippen LogP) is 4.29. The van der Waals surface area contributed by atoms with Crippen LogP contribution in [-0.2, 0) is 22.6 Å². The average Bonchev–Trinajstić information content (AvgIpc) is 3.74. The number of pyridine rings is 1. The van der Waals surface area contributed by atoms with Gasteiger partial charge in [-0.15, -0.1) is 0 Å². The number of nitrogens with zero attached hydrogens (tertiary/aromatic N) is 3. The molecule has 0 bridgehead atoms. The smallest absolute Gasteiger partial charge is 0.252 e. The van der Waals surface area contributed by atoms with E-state index in [0.717, 1.165) is 78.1 Å². The number of methoxy groups -OCH3 is 2. The molecule has 2 aromatic carbocycles. The van der Waals surface area contributed by atoms with Crippen molar-refractivity contribution in [3.8, 4) is 23.0 Å². The lowest BCUT2D eigenvalue weighted by Gasteiger charge is -2.28. The van der Waals surface area contributed by atoms with Crippen LogP contribution >= 0.6 is 0 Å². The van der Waals surface area contributed by atoms with Crippen LogP contribution in [0.4, 0.5) is 5.82 Å². The largest absolute Gasteiger partial charge is 0.496 e. The van der Waals surface area contributed by atoms with Gasteiger partial charge in [0.05, 0.1) is 14.2 Å². The fourth-order valence-corrected chi connectivity index (χ4v) is 5.56. The van der Waals surface area contributed by atoms with E-state index in [9.17, 15) is 4.79 Å². The normalized spacial score (nSPS) is 18.3. The van der Waals surface area contributed by atoms with Gasteiger partial charge in [0.1, 0.15) is 28.9 Å². The number of benzene rings is 2. The van der Waals surface area contributed by atoms with E-state index in [0.29, 0.717) is 31.2 Å². The van der Waals surface area contributed by atoms with Crippen LogP contribution in [0.15, 0.2) is 36.4 Å². The van der Waals surface area contributed by atoms with Gasteiger partial charge in [0.2, 0.25) is 6.79 Å². The van der Waals surface area contributed by atoms with Crippen molar-refractivity contribution in [3.63, 3.8) is 0 Å². The molecule has 3 aliphatic heterocycles. The zero-order valence-electron chi connectivity index (χ0n) is 21.9. The molecule has 0 saturated carbocycles. The molecule has 0 radical (unpaired) electrons. The van der Waals surface area contributed by atoms with Gasteiger partial charge in [0.15, 0.2) is 11.5 Å². The lowest BCUT2D eigenvalue weighted by molar-refractivity contribution is -0.142. The van der Waals surface area contributed by atoms with Crippen molar-refractivity contribution in [2.24, 2.45) is 0 Å². The van der Waals surface area contributed by atoms with Gasteiger partial charge in [-0.05, 0) is 61.6 Å². The van der Waals surface area contributed by atoms with E-state index in [4.69, 9.17) is 28.7 Å². The summed E-state index contributed by atoms with van der Waals surface area (Å²) in [5.74, 6) is 3.72. The molecular weight excluding hydrogens is 486 g/mol. The van der Waals surface area contributed by atoms with E-state index in [-0.39, 0.29) is 12.7 Å². The maximum atomic E-state index is 13.8. The first-order valence-corrected chi connectivity index (χ1v) is 13.2. The number of carbonyl (C=O) groups excluding carboxylic acids is 1. The number of hydrogen-bond donors (Lipinski definition) is 0. The molecule has 1 amide bonds. The number of hydrogen-bond acceptors (Lipinski definition) is 8. The van der Waals surface area contributed by atoms with Crippen molar-refractivity contribution in [2.75, 3.05) is 45.6 Å². The number of fused-ring (bicyclic) bond motifs is 2. The summed E-state index contributed by atoms with van der Waals surface area (Å²) in [6.45, 7) is 3.50. The molecule has 2 fully saturated rings. The third kappa shape index (κ3) is 4.67. The van der Waals surface area contributed by atoms with Crippen LogP contribution in [0.3, 0.4) is 0 Å². The van der Waals surface area contributed by atoms with Crippen LogP contribution in [0.5, 0.6) is 23.0 Å². The van der Waals surface area contributed by atoms with Crippen molar-refractivity contribution in [1.29, 1.82) is 0 Å². The molecule has 1 aromatic heterocycles. The van der Waals surface area contributed by atoms with Gasteiger partial charge in [-0.2, -0.15) is 0 Å². The first-order chi connectivity index (χ1) is 18.6. The van der Waals surface area contributed by atoms with Crippen LogP contribution in [0.25, 0.3) is 10.9 Å². The fourth-order valence-electron chi connectivity index (χ4n) is 5.56. The standard InChI is InChI=1S/C29H33N3O6/c1-34-22-9-10-24(35-2)27-21(22)15-20(28(30-27)31-11-3-4-12-31)17-32(29(33)25-6-5-13-36-25)16-19-7-8-23-26(14-19)38-18-37-23/h7-10,14-15,25H,3-6,11-13,16-18H2,1-2H3/t25-/m0/s1. The summed E-state index contributed by atoms with van der Waals surface area (Å²) < 4.78 is 28.2. The molecule has 0 N–H and O–H groups in total. The molecule has 1 atom stereocenters. The van der Waals surface area contributed by atoms with Gasteiger partial charge >= 0.3 is 0 Å². The van der Waals surface area contributed by atoms with Crippen LogP contribution in [0.2, 0.25) is 0 Å². The number of ether oxygens (including phenoxy) is 5. The monoisotopic (exact) mass is 519 g/mol. The third-order valence-electron chi connectivity index (χ3n) is 7.50. The maximum Gasteiger partial charge on any atom is 0.252 e. The first-order valence-electron chi connectivity index (χ1n) is 13.2. The molecule has 9 nitrogen and oxygen atoms in total. The van der Waals surface area contributed by atoms with E-state index in [2.05, 4.69) is 11.0 Å². The SMILES string of the molecule is COc1ccc(OC)c2nc(N3CCCC3)c(CN(Cc3ccc4c(c3)OCO4)C(=O)[C@@H]3CCCO3)cc12. The number of aromatic nitrogens is 1. The molecule has 9 heteroatoms. The van der Waals surface area contributed by atoms with E-state index in [1.165, 1.54) is 0 Å². The molecule has 0 unspecified atom stereocenters. The Bertz CT molecular complexity index is 1330. The summed E-state index contributed by atoms with van der Waals surface area (Å²) >= 11 is 0. The topological polar surface area (TPSA) is 82.6 Å². The van der Waals surface area contributed by atoms with E-state index in [1.54, 1.807) is 14.2 Å². The second kappa shape index (κ2) is 10.6. The highest BCUT2D eigenvalue weighted by Gasteiger charge is 2.30. The molecule has 0 aliphatic carbocycles. The Hall–Kier alpha value is -3.72. The van der Waals surface area contributed by atoms with Crippen molar-refractivity contribution in [1.82, 2.24) is 9.88 Å². The van der Waals surface area contributed by atoms with E-state index < -0.39 is 6.10 Å². The minimum atomic E-state index is -0.428. The summed E-state index contributed by atoms with van der Waals surface area (Å²) in [6.07, 6.45) is 3.43. The zero-order chi connectivity index (χ0) is 26.1. The van der Waals surface area contributed by atoms with Gasteiger partial charge in [-0.1, -0.05) is 6.07 Å². The average molecular weight is 520 g/mol. The molecule has 38 heavy (non-hydrogen) atoms. The van der Waals surface area contributed by atoms with Crippen LogP contribution < -0.4 is 23.8 Å². The zero-order valence-corrected chi connectivity index (χ0v) is 21.9. The van der Waals surface area contributed by atoms with Crippen LogP contribution in [-0.4, -0.2) is 62.6 Å². The van der Waals surface area contributed by atoms with Gasteiger partial charge in [0.25, 0.3) is 5.91 Å². The number of rotatable bonds is 8. The van der Waals surface area contributed by atoms with Crippen molar-refractivity contribution < 1.29 is 28.5 Å². The van der Waals surface area contributed by atoms with Gasteiger partial charge in [-0.25, -0.2) is 4.98 Å². The van der Waals surface area contributed by atoms with E-state index in [1.807, 2.05) is 35.2 Å². The van der Waals surface area contributed by atoms with Crippen molar-refractivity contribution in [3.05, 3.63) is 47.5 Å². The summed E-state index contributed by atoms with van der Waals surface area (Å²) in [5.41, 5.74) is 2.69. The van der Waals surface area contributed by atoms with Crippen LogP contribution in [0.1, 0.15) is 36.8 Å². The Labute approximate surface area is 222 Å².